The topological polar surface area (TPSA) is 47.0 Å². The quantitative estimate of drug-likeness (QED) is 0.581. The molecule has 1 rings (SSSR count). The van der Waals surface area contributed by atoms with Crippen LogP contribution in [-0.2, 0) is 15.6 Å². The highest BCUT2D eigenvalue weighted by atomic mass is 32.2. The Balaban J connectivity index is 3.63. The number of sulfone groups is 1. The molecule has 0 aliphatic heterocycles. The van der Waals surface area contributed by atoms with E-state index < -0.39 is 62.0 Å². The van der Waals surface area contributed by atoms with Crippen molar-refractivity contribution in [3.05, 3.63) is 29.1 Å². The van der Waals surface area contributed by atoms with Crippen LogP contribution in [-0.4, -0.2) is 30.8 Å². The van der Waals surface area contributed by atoms with Crippen LogP contribution in [0, 0.1) is 23.5 Å². The molecule has 0 saturated heterocycles. The van der Waals surface area contributed by atoms with Gasteiger partial charge in [-0.1, -0.05) is 0 Å². The van der Waals surface area contributed by atoms with Crippen molar-refractivity contribution in [2.45, 2.75) is 23.1 Å². The van der Waals surface area contributed by atoms with E-state index in [0.29, 0.717) is 0 Å². The molecule has 138 valence electrons. The molecule has 0 unspecified atom stereocenters. The molecule has 0 aliphatic carbocycles. The minimum Gasteiger partial charge on any atom is -0.224 e. The van der Waals surface area contributed by atoms with Gasteiger partial charge < -0.3 is 0 Å². The van der Waals surface area contributed by atoms with E-state index in [9.17, 15) is 56.7 Å². The largest absolute Gasteiger partial charge is 0.446 e. The number of halogens is 11. The Morgan fingerprint density at radius 2 is 1.08 bits per heavy atom. The molecule has 0 atom stereocenters. The van der Waals surface area contributed by atoms with E-state index in [-0.39, 0.29) is 0 Å². The summed E-state index contributed by atoms with van der Waals surface area (Å²) in [5.74, 6) is -13.5. The van der Waals surface area contributed by atoms with E-state index in [2.05, 4.69) is 0 Å². The van der Waals surface area contributed by atoms with E-state index in [1.165, 1.54) is 0 Å². The van der Waals surface area contributed by atoms with E-state index in [4.69, 9.17) is 0 Å². The minimum atomic E-state index is -7.13. The monoisotopic (exact) mass is 397 g/mol. The number of alkyl halides is 7. The lowest BCUT2D eigenvalue weighted by Crippen LogP contribution is -2.59. The fourth-order valence-corrected chi connectivity index (χ4v) is 3.00. The second-order valence-electron chi connectivity index (χ2n) is 4.15. The van der Waals surface area contributed by atoms with Crippen molar-refractivity contribution in [1.82, 2.24) is 4.98 Å². The van der Waals surface area contributed by atoms with Crippen LogP contribution in [0.1, 0.15) is 5.56 Å². The van der Waals surface area contributed by atoms with Gasteiger partial charge in [-0.05, 0) is 0 Å². The fraction of sp³-hybridized carbons (Fsp3) is 0.444. The Labute approximate surface area is 125 Å². The lowest BCUT2D eigenvalue weighted by atomic mass is 10.2. The molecule has 0 fully saturated rings. The molecule has 0 spiro atoms. The van der Waals surface area contributed by atoms with Gasteiger partial charge in [-0.25, -0.2) is 21.6 Å². The molecular weight excluding hydrogens is 395 g/mol. The highest BCUT2D eigenvalue weighted by molar-refractivity contribution is 7.92. The predicted octanol–water partition coefficient (Wildman–Crippen LogP) is 3.34. The predicted molar refractivity (Wildman–Crippen MR) is 52.6 cm³/mol. The Kier molecular flexibility index (Phi) is 4.84. The van der Waals surface area contributed by atoms with Crippen molar-refractivity contribution in [2.75, 3.05) is 0 Å². The van der Waals surface area contributed by atoms with Crippen molar-refractivity contribution in [3.8, 4) is 0 Å². The summed E-state index contributed by atoms with van der Waals surface area (Å²) in [6.07, 6.45) is -14.2. The Hall–Kier alpha value is -1.67. The summed E-state index contributed by atoms with van der Waals surface area (Å²) in [6.45, 7) is 0. The molecule has 1 aromatic rings. The molecule has 1 heterocycles. The smallest absolute Gasteiger partial charge is 0.224 e. The second-order valence-corrected chi connectivity index (χ2v) is 6.23. The summed E-state index contributed by atoms with van der Waals surface area (Å²) < 4.78 is 162. The molecule has 0 aliphatic rings. The summed E-state index contributed by atoms with van der Waals surface area (Å²) in [6, 6.07) is 0. The molecule has 0 radical (unpaired) electrons. The second kappa shape index (κ2) is 5.70. The normalized spacial score (nSPS) is 14.1. The molecule has 0 amide bonds. The van der Waals surface area contributed by atoms with Crippen LogP contribution in [0.2, 0.25) is 0 Å². The summed E-state index contributed by atoms with van der Waals surface area (Å²) in [7, 11) is -7.13. The van der Waals surface area contributed by atoms with E-state index in [1.807, 2.05) is 4.98 Å². The van der Waals surface area contributed by atoms with Gasteiger partial charge in [-0.2, -0.15) is 40.1 Å². The molecule has 3 nitrogen and oxygen atoms in total. The van der Waals surface area contributed by atoms with Gasteiger partial charge >= 0.3 is 17.4 Å². The number of nitrogens with zero attached hydrogens (tertiary/aromatic N) is 1. The molecule has 0 bridgehead atoms. The summed E-state index contributed by atoms with van der Waals surface area (Å²) in [5, 5.41) is -6.93. The first-order valence-electron chi connectivity index (χ1n) is 5.21. The third-order valence-electron chi connectivity index (χ3n) is 2.58. The average Bonchev–Trinajstić information content (AvgIpc) is 2.37. The maximum absolute atomic E-state index is 13.4. The number of hydrogen-bond donors (Lipinski definition) is 0. The van der Waals surface area contributed by atoms with Gasteiger partial charge in [-0.15, -0.1) is 0 Å². The average molecular weight is 397 g/mol. The van der Waals surface area contributed by atoms with E-state index >= 15 is 0 Å². The third kappa shape index (κ3) is 3.00. The van der Waals surface area contributed by atoms with Gasteiger partial charge in [-0.3, -0.25) is 0 Å². The fourth-order valence-electron chi connectivity index (χ4n) is 1.46. The van der Waals surface area contributed by atoms with Gasteiger partial charge in [0.2, 0.25) is 9.84 Å². The first-order chi connectivity index (χ1) is 10.5. The van der Waals surface area contributed by atoms with Crippen LogP contribution in [0.25, 0.3) is 0 Å². The van der Waals surface area contributed by atoms with Crippen molar-refractivity contribution < 1.29 is 56.7 Å². The highest BCUT2D eigenvalue weighted by Gasteiger charge is 2.80. The first kappa shape index (κ1) is 20.4. The van der Waals surface area contributed by atoms with Crippen LogP contribution in [0.5, 0.6) is 0 Å². The van der Waals surface area contributed by atoms with Gasteiger partial charge in [0.25, 0.3) is 11.9 Å². The SMILES string of the molecule is O=S(=O)(Cc1c(F)c(F)nc(F)c1F)C(F)(C(F)(F)F)C(F)(F)F. The van der Waals surface area contributed by atoms with Crippen molar-refractivity contribution >= 4 is 9.84 Å². The maximum atomic E-state index is 13.4. The van der Waals surface area contributed by atoms with Gasteiger partial charge in [0.1, 0.15) is 0 Å². The van der Waals surface area contributed by atoms with E-state index in [1.54, 1.807) is 0 Å². The molecule has 15 heteroatoms. The zero-order valence-electron chi connectivity index (χ0n) is 10.5. The van der Waals surface area contributed by atoms with Gasteiger partial charge in [0, 0.05) is 5.56 Å². The first-order valence-corrected chi connectivity index (χ1v) is 6.86. The summed E-state index contributed by atoms with van der Waals surface area (Å²) >= 11 is 0. The number of pyridine rings is 1. The number of hydrogen-bond acceptors (Lipinski definition) is 3. The van der Waals surface area contributed by atoms with Crippen LogP contribution in [0.3, 0.4) is 0 Å². The van der Waals surface area contributed by atoms with Gasteiger partial charge in [0.15, 0.2) is 11.6 Å². The highest BCUT2D eigenvalue weighted by Crippen LogP contribution is 2.50. The zero-order valence-corrected chi connectivity index (χ0v) is 11.4. The Bertz CT molecular complexity index is 712. The van der Waals surface area contributed by atoms with Gasteiger partial charge in [0.05, 0.1) is 5.75 Å². The molecular formula is C9H2F11NO2S. The maximum Gasteiger partial charge on any atom is 0.446 e. The number of aromatic nitrogens is 1. The van der Waals surface area contributed by atoms with Crippen molar-refractivity contribution in [3.63, 3.8) is 0 Å². The summed E-state index contributed by atoms with van der Waals surface area (Å²) in [4.78, 5) is 1.91. The van der Waals surface area contributed by atoms with Crippen molar-refractivity contribution in [2.24, 2.45) is 0 Å². The molecule has 24 heavy (non-hydrogen) atoms. The third-order valence-corrected chi connectivity index (χ3v) is 4.57. The lowest BCUT2D eigenvalue weighted by Gasteiger charge is -2.29. The van der Waals surface area contributed by atoms with E-state index in [0.717, 1.165) is 0 Å². The molecule has 0 saturated carbocycles. The van der Waals surface area contributed by atoms with Crippen LogP contribution >= 0.6 is 0 Å². The number of rotatable bonds is 3. The zero-order chi connectivity index (χ0) is 19.3. The molecule has 1 aromatic heterocycles. The summed E-state index contributed by atoms with van der Waals surface area (Å²) in [5.41, 5.74) is -2.41. The van der Waals surface area contributed by atoms with Crippen LogP contribution < -0.4 is 0 Å². The standard InChI is InChI=1S/C9H2F11NO2S/c10-3-2(4(11)6(13)21-5(3)12)1-24(22,23)7(14,8(15,16)17)9(18,19)20/h1H2. The van der Waals surface area contributed by atoms with Crippen LogP contribution in [0.4, 0.5) is 48.3 Å². The Morgan fingerprint density at radius 3 is 1.38 bits per heavy atom. The van der Waals surface area contributed by atoms with Crippen molar-refractivity contribution in [1.29, 1.82) is 0 Å². The molecule has 0 aromatic carbocycles. The van der Waals surface area contributed by atoms with Crippen LogP contribution in [0.15, 0.2) is 0 Å². The molecule has 0 N–H and O–H groups in total. The Morgan fingerprint density at radius 1 is 0.750 bits per heavy atom. The lowest BCUT2D eigenvalue weighted by molar-refractivity contribution is -0.305. The minimum absolute atomic E-state index is 1.91.